The molecule has 7 aromatic rings. The SMILES string of the molecule is CC(c1ccc([O-])cc1)(c1ccc(O)cc1)c1ccc(O)cc1.Cc1ccc([N+](c2ccc(C)cc2)(c2ccc(C)cc2)c2ccc(C)cc2)cc1. The minimum atomic E-state index is -0.505. The van der Waals surface area contributed by atoms with Crippen LogP contribution in [0.15, 0.2) is 170 Å². The molecule has 4 nitrogen and oxygen atoms in total. The predicted octanol–water partition coefficient (Wildman–Crippen LogP) is 11.7. The summed E-state index contributed by atoms with van der Waals surface area (Å²) < 4.78 is 0.557. The molecule has 0 unspecified atom stereocenters. The van der Waals surface area contributed by atoms with Crippen LogP contribution in [-0.2, 0) is 5.41 Å². The molecule has 0 atom stereocenters. The molecule has 7 aromatic carbocycles. The van der Waals surface area contributed by atoms with E-state index in [4.69, 9.17) is 0 Å². The monoisotopic (exact) mass is 683 g/mol. The van der Waals surface area contributed by atoms with Crippen molar-refractivity contribution in [2.45, 2.75) is 40.0 Å². The lowest BCUT2D eigenvalue weighted by Gasteiger charge is -2.37. The molecule has 7 rings (SSSR count). The molecule has 0 aliphatic heterocycles. The van der Waals surface area contributed by atoms with Crippen molar-refractivity contribution in [2.75, 3.05) is 0 Å². The highest BCUT2D eigenvalue weighted by Gasteiger charge is 2.39. The number of phenols is 2. The van der Waals surface area contributed by atoms with Gasteiger partial charge in [0.1, 0.15) is 34.2 Å². The Morgan fingerprint density at radius 3 is 0.846 bits per heavy atom. The maximum absolute atomic E-state index is 11.4. The summed E-state index contributed by atoms with van der Waals surface area (Å²) in [5, 5.41) is 30.6. The van der Waals surface area contributed by atoms with Crippen LogP contribution in [-0.4, -0.2) is 10.2 Å². The van der Waals surface area contributed by atoms with E-state index in [1.807, 2.05) is 36.4 Å². The van der Waals surface area contributed by atoms with Gasteiger partial charge in [-0.15, -0.1) is 5.75 Å². The summed E-state index contributed by atoms with van der Waals surface area (Å²) in [5.41, 5.74) is 12.4. The summed E-state index contributed by atoms with van der Waals surface area (Å²) in [4.78, 5) is 0. The molecule has 0 bridgehead atoms. The Labute approximate surface area is 307 Å². The van der Waals surface area contributed by atoms with Crippen molar-refractivity contribution in [3.05, 3.63) is 209 Å². The van der Waals surface area contributed by atoms with Crippen LogP contribution in [0.1, 0.15) is 45.9 Å². The van der Waals surface area contributed by atoms with E-state index in [1.54, 1.807) is 36.4 Å². The molecule has 0 heterocycles. The van der Waals surface area contributed by atoms with Gasteiger partial charge in [-0.1, -0.05) is 119 Å². The lowest BCUT2D eigenvalue weighted by molar-refractivity contribution is -0.268. The number of hydrogen-bond donors (Lipinski definition) is 2. The average molecular weight is 684 g/mol. The maximum atomic E-state index is 11.4. The molecule has 0 fully saturated rings. The lowest BCUT2D eigenvalue weighted by atomic mass is 9.71. The Bertz CT molecular complexity index is 1910. The Balaban J connectivity index is 0.000000183. The fourth-order valence-corrected chi connectivity index (χ4v) is 6.85. The van der Waals surface area contributed by atoms with Crippen molar-refractivity contribution in [1.29, 1.82) is 0 Å². The summed E-state index contributed by atoms with van der Waals surface area (Å²) in [5.74, 6) is 0.376. The second kappa shape index (κ2) is 15.0. The van der Waals surface area contributed by atoms with E-state index in [1.165, 1.54) is 45.0 Å². The van der Waals surface area contributed by atoms with Crippen LogP contribution in [0, 0.1) is 27.7 Å². The van der Waals surface area contributed by atoms with Gasteiger partial charge in [-0.2, -0.15) is 4.48 Å². The summed E-state index contributed by atoms with van der Waals surface area (Å²) in [7, 11) is 0. The summed E-state index contributed by atoms with van der Waals surface area (Å²) in [6.45, 7) is 10.6. The Hall–Kier alpha value is -6.10. The molecule has 0 spiro atoms. The van der Waals surface area contributed by atoms with Gasteiger partial charge >= 0.3 is 0 Å². The zero-order chi connectivity index (χ0) is 36.9. The van der Waals surface area contributed by atoms with E-state index in [0.29, 0.717) is 4.48 Å². The number of quaternary nitrogens is 1. The van der Waals surface area contributed by atoms with E-state index in [-0.39, 0.29) is 17.2 Å². The summed E-state index contributed by atoms with van der Waals surface area (Å²) >= 11 is 0. The largest absolute Gasteiger partial charge is 0.872 e. The highest BCUT2D eigenvalue weighted by atomic mass is 16.3. The third-order valence-corrected chi connectivity index (χ3v) is 10.0. The van der Waals surface area contributed by atoms with Gasteiger partial charge in [-0.25, -0.2) is 0 Å². The fourth-order valence-electron chi connectivity index (χ4n) is 6.85. The number of rotatable bonds is 7. The minimum Gasteiger partial charge on any atom is -0.872 e. The first-order valence-corrected chi connectivity index (χ1v) is 17.5. The van der Waals surface area contributed by atoms with E-state index in [9.17, 15) is 15.3 Å². The smallest absolute Gasteiger partial charge is 0.148 e. The van der Waals surface area contributed by atoms with Crippen molar-refractivity contribution in [3.63, 3.8) is 0 Å². The molecule has 0 saturated carbocycles. The Morgan fingerprint density at radius 2 is 0.596 bits per heavy atom. The van der Waals surface area contributed by atoms with E-state index >= 15 is 0 Å². The average Bonchev–Trinajstić information content (AvgIpc) is 3.15. The first kappa shape index (κ1) is 35.7. The lowest BCUT2D eigenvalue weighted by Crippen LogP contribution is -2.33. The minimum absolute atomic E-state index is 0.0347. The van der Waals surface area contributed by atoms with Gasteiger partial charge in [-0.05, 0) is 75.6 Å². The molecular formula is C48H45NO3. The molecule has 0 aliphatic rings. The first-order valence-electron chi connectivity index (χ1n) is 17.5. The van der Waals surface area contributed by atoms with Gasteiger partial charge < -0.3 is 15.3 Å². The Kier molecular flexibility index (Phi) is 10.3. The molecule has 0 saturated heterocycles. The van der Waals surface area contributed by atoms with E-state index < -0.39 is 5.41 Å². The van der Waals surface area contributed by atoms with Crippen LogP contribution >= 0.6 is 0 Å². The Morgan fingerprint density at radius 1 is 0.365 bits per heavy atom. The highest BCUT2D eigenvalue weighted by molar-refractivity contribution is 5.81. The quantitative estimate of drug-likeness (QED) is 0.130. The fraction of sp³-hybridized carbons (Fsp3) is 0.125. The number of aromatic hydroxyl groups is 2. The topological polar surface area (TPSA) is 63.5 Å². The number of nitrogens with zero attached hydrogens (tertiary/aromatic N) is 1. The zero-order valence-corrected chi connectivity index (χ0v) is 30.4. The number of aryl methyl sites for hydroxylation is 4. The molecule has 0 radical (unpaired) electrons. The molecule has 4 heteroatoms. The number of hydrogen-bond acceptors (Lipinski definition) is 3. The van der Waals surface area contributed by atoms with Gasteiger partial charge in [0.15, 0.2) is 0 Å². The maximum Gasteiger partial charge on any atom is 0.148 e. The molecule has 2 N–H and O–H groups in total. The van der Waals surface area contributed by atoms with Crippen LogP contribution in [0.25, 0.3) is 0 Å². The van der Waals surface area contributed by atoms with Gasteiger partial charge in [0, 0.05) is 53.9 Å². The van der Waals surface area contributed by atoms with E-state index in [0.717, 1.165) is 16.7 Å². The van der Waals surface area contributed by atoms with Gasteiger partial charge in [-0.3, -0.25) is 0 Å². The number of benzene rings is 7. The second-order valence-corrected chi connectivity index (χ2v) is 13.8. The molecule has 0 aliphatic carbocycles. The van der Waals surface area contributed by atoms with Crippen molar-refractivity contribution in [3.8, 4) is 17.2 Å². The third kappa shape index (κ3) is 7.20. The molecule has 52 heavy (non-hydrogen) atoms. The summed E-state index contributed by atoms with van der Waals surface area (Å²) in [6, 6.07) is 56.5. The van der Waals surface area contributed by atoms with Crippen molar-refractivity contribution in [1.82, 2.24) is 4.48 Å². The van der Waals surface area contributed by atoms with Crippen molar-refractivity contribution >= 4 is 22.7 Å². The van der Waals surface area contributed by atoms with Gasteiger partial charge in [0.2, 0.25) is 0 Å². The zero-order valence-electron chi connectivity index (χ0n) is 30.4. The second-order valence-electron chi connectivity index (χ2n) is 13.8. The van der Waals surface area contributed by atoms with Crippen LogP contribution in [0.3, 0.4) is 0 Å². The van der Waals surface area contributed by atoms with E-state index in [2.05, 4.69) is 132 Å². The van der Waals surface area contributed by atoms with Crippen LogP contribution in [0.5, 0.6) is 17.2 Å². The molecule has 0 aromatic heterocycles. The van der Waals surface area contributed by atoms with Crippen molar-refractivity contribution in [2.24, 2.45) is 0 Å². The normalized spacial score (nSPS) is 11.4. The van der Waals surface area contributed by atoms with Crippen LogP contribution in [0.2, 0.25) is 0 Å². The third-order valence-electron chi connectivity index (χ3n) is 10.0. The van der Waals surface area contributed by atoms with Crippen LogP contribution < -0.4 is 9.59 Å². The first-order chi connectivity index (χ1) is 25.0. The summed E-state index contributed by atoms with van der Waals surface area (Å²) in [6.07, 6.45) is 0. The number of phenolic OH excluding ortho intramolecular Hbond substituents is 2. The standard InChI is InChI=1S/C28H28N.C20H18O3/c1-21-5-13-25(14-6-21)29(26-15-7-22(2)8-16-26,27-17-9-23(3)10-18-27)28-19-11-24(4)12-20-28;1-20(14-2-8-17(21)9-3-14,15-4-10-18(22)11-5-15)16-6-12-19(23)13-7-16/h5-20H,1-4H3;2-13,21-23H,1H3/q+1;/p-1. The highest BCUT2D eigenvalue weighted by Crippen LogP contribution is 2.51. The predicted molar refractivity (Wildman–Crippen MR) is 213 cm³/mol. The van der Waals surface area contributed by atoms with Gasteiger partial charge in [0.25, 0.3) is 0 Å². The van der Waals surface area contributed by atoms with Crippen LogP contribution in [0.4, 0.5) is 22.7 Å². The molecular weight excluding hydrogens is 639 g/mol. The van der Waals surface area contributed by atoms with Gasteiger partial charge in [0.05, 0.1) is 0 Å². The molecule has 260 valence electrons. The molecule has 0 amide bonds. The van der Waals surface area contributed by atoms with Crippen molar-refractivity contribution < 1.29 is 15.3 Å².